The van der Waals surface area contributed by atoms with Crippen molar-refractivity contribution < 1.29 is 19.4 Å². The van der Waals surface area contributed by atoms with E-state index in [2.05, 4.69) is 0 Å². The van der Waals surface area contributed by atoms with Crippen molar-refractivity contribution in [2.45, 2.75) is 6.42 Å². The number of nitrogens with zero attached hydrogens (tertiary/aromatic N) is 1. The van der Waals surface area contributed by atoms with Crippen molar-refractivity contribution in [1.29, 1.82) is 0 Å². The molecule has 1 aliphatic heterocycles. The van der Waals surface area contributed by atoms with Crippen LogP contribution in [0.5, 0.6) is 5.75 Å². The number of rotatable bonds is 7. The third kappa shape index (κ3) is 5.13. The van der Waals surface area contributed by atoms with E-state index in [-0.39, 0.29) is 16.7 Å². The lowest BCUT2D eigenvalue weighted by Crippen LogP contribution is -2.30. The predicted molar refractivity (Wildman–Crippen MR) is 115 cm³/mol. The summed E-state index contributed by atoms with van der Waals surface area (Å²) in [6.07, 6.45) is 2.44. The molecule has 0 atom stereocenters. The van der Waals surface area contributed by atoms with E-state index in [0.29, 0.717) is 21.3 Å². The van der Waals surface area contributed by atoms with Gasteiger partial charge in [0, 0.05) is 6.54 Å². The molecule has 0 saturated carbocycles. The quantitative estimate of drug-likeness (QED) is 0.520. The maximum Gasteiger partial charge on any atom is 0.341 e. The minimum atomic E-state index is -1.08. The zero-order chi connectivity index (χ0) is 20.1. The average molecular weight is 434 g/mol. The van der Waals surface area contributed by atoms with Crippen LogP contribution in [0.15, 0.2) is 53.4 Å². The Hall–Kier alpha value is -2.35. The first kappa shape index (κ1) is 20.4. The molecule has 1 saturated heterocycles. The van der Waals surface area contributed by atoms with Crippen LogP contribution in [0.2, 0.25) is 5.02 Å². The Balaban J connectivity index is 1.69. The summed E-state index contributed by atoms with van der Waals surface area (Å²) in [6, 6.07) is 14.8. The Morgan fingerprint density at radius 1 is 1.25 bits per heavy atom. The summed E-state index contributed by atoms with van der Waals surface area (Å²) in [5.41, 5.74) is 1.85. The number of carbonyl (C=O) groups excluding carboxylic acids is 1. The second-order valence-corrected chi connectivity index (χ2v) is 8.02. The summed E-state index contributed by atoms with van der Waals surface area (Å²) in [5.74, 6) is -0.941. The Bertz CT molecular complexity index is 946. The first-order valence-corrected chi connectivity index (χ1v) is 9.98. The fraction of sp³-hybridized carbons (Fsp3) is 0.150. The van der Waals surface area contributed by atoms with Crippen molar-refractivity contribution in [3.8, 4) is 5.75 Å². The molecule has 1 aliphatic rings. The molecular weight excluding hydrogens is 418 g/mol. The second-order valence-electron chi connectivity index (χ2n) is 5.94. The largest absolute Gasteiger partial charge is 0.480 e. The number of thiocarbonyl (C=S) groups is 1. The van der Waals surface area contributed by atoms with Gasteiger partial charge < -0.3 is 9.84 Å². The normalized spacial score (nSPS) is 15.3. The van der Waals surface area contributed by atoms with Crippen LogP contribution in [0.3, 0.4) is 0 Å². The lowest BCUT2D eigenvalue weighted by atomic mass is 10.1. The third-order valence-electron chi connectivity index (χ3n) is 3.95. The molecule has 0 aromatic heterocycles. The van der Waals surface area contributed by atoms with Gasteiger partial charge in [0.2, 0.25) is 0 Å². The van der Waals surface area contributed by atoms with E-state index in [9.17, 15) is 9.59 Å². The number of hydrogen-bond donors (Lipinski definition) is 1. The number of carboxylic acid groups (broad SMARTS) is 1. The molecule has 0 spiro atoms. The second kappa shape index (κ2) is 9.23. The predicted octanol–water partition coefficient (Wildman–Crippen LogP) is 4.25. The number of benzene rings is 2. The van der Waals surface area contributed by atoms with Gasteiger partial charge in [-0.25, -0.2) is 4.79 Å². The van der Waals surface area contributed by atoms with E-state index in [1.807, 2.05) is 30.3 Å². The molecule has 1 amide bonds. The number of halogens is 1. The monoisotopic (exact) mass is 433 g/mol. The van der Waals surface area contributed by atoms with Gasteiger partial charge in [-0.1, -0.05) is 72.0 Å². The fourth-order valence-electron chi connectivity index (χ4n) is 2.59. The maximum atomic E-state index is 12.7. The molecule has 0 unspecified atom stereocenters. The van der Waals surface area contributed by atoms with Gasteiger partial charge in [-0.05, 0) is 35.8 Å². The molecule has 1 N–H and O–H groups in total. The van der Waals surface area contributed by atoms with E-state index in [1.165, 1.54) is 11.8 Å². The summed E-state index contributed by atoms with van der Waals surface area (Å²) >= 11 is 12.7. The first-order chi connectivity index (χ1) is 13.4. The number of amides is 1. The van der Waals surface area contributed by atoms with Gasteiger partial charge in [-0.3, -0.25) is 9.69 Å². The van der Waals surface area contributed by atoms with Crippen molar-refractivity contribution >= 4 is 57.9 Å². The van der Waals surface area contributed by atoms with Crippen LogP contribution < -0.4 is 4.74 Å². The highest BCUT2D eigenvalue weighted by atomic mass is 35.5. The smallest absolute Gasteiger partial charge is 0.341 e. The van der Waals surface area contributed by atoms with Crippen LogP contribution in [-0.4, -0.2) is 39.4 Å². The van der Waals surface area contributed by atoms with Gasteiger partial charge in [0.05, 0.1) is 9.93 Å². The molecule has 28 heavy (non-hydrogen) atoms. The SMILES string of the molecule is O=C(O)COc1ccc(/C=C2\SC(=S)N(CCc3ccccc3)C2=O)cc1Cl. The summed E-state index contributed by atoms with van der Waals surface area (Å²) in [6.45, 7) is 0.0495. The first-order valence-electron chi connectivity index (χ1n) is 8.37. The summed E-state index contributed by atoms with van der Waals surface area (Å²) in [4.78, 5) is 25.4. The van der Waals surface area contributed by atoms with Crippen LogP contribution in [0, 0.1) is 0 Å². The van der Waals surface area contributed by atoms with Crippen LogP contribution in [-0.2, 0) is 16.0 Å². The van der Waals surface area contributed by atoms with Crippen molar-refractivity contribution in [2.75, 3.05) is 13.2 Å². The Kier molecular flexibility index (Phi) is 6.72. The van der Waals surface area contributed by atoms with Crippen LogP contribution in [0.25, 0.3) is 6.08 Å². The van der Waals surface area contributed by atoms with Gasteiger partial charge >= 0.3 is 5.97 Å². The average Bonchev–Trinajstić information content (AvgIpc) is 2.93. The molecule has 5 nitrogen and oxygen atoms in total. The van der Waals surface area contributed by atoms with Crippen LogP contribution in [0.1, 0.15) is 11.1 Å². The Morgan fingerprint density at radius 3 is 2.68 bits per heavy atom. The van der Waals surface area contributed by atoms with Gasteiger partial charge in [0.25, 0.3) is 5.91 Å². The number of ether oxygens (including phenoxy) is 1. The highest BCUT2D eigenvalue weighted by molar-refractivity contribution is 8.26. The zero-order valence-corrected chi connectivity index (χ0v) is 17.0. The number of carboxylic acids is 1. The number of hydrogen-bond acceptors (Lipinski definition) is 5. The molecule has 1 fully saturated rings. The van der Waals surface area contributed by atoms with Crippen molar-refractivity contribution in [3.05, 3.63) is 69.6 Å². The lowest BCUT2D eigenvalue weighted by molar-refractivity contribution is -0.139. The van der Waals surface area contributed by atoms with E-state index in [0.717, 1.165) is 12.0 Å². The standard InChI is InChI=1S/C20H16ClNO4S2/c21-15-10-14(6-7-16(15)26-12-18(23)24)11-17-19(25)22(20(27)28-17)9-8-13-4-2-1-3-5-13/h1-7,10-11H,8-9,12H2,(H,23,24)/b17-11-. The third-order valence-corrected chi connectivity index (χ3v) is 5.62. The topological polar surface area (TPSA) is 66.8 Å². The van der Waals surface area contributed by atoms with Gasteiger partial charge in [-0.15, -0.1) is 0 Å². The summed E-state index contributed by atoms with van der Waals surface area (Å²) in [7, 11) is 0. The zero-order valence-electron chi connectivity index (χ0n) is 14.6. The van der Waals surface area contributed by atoms with Gasteiger partial charge in [0.15, 0.2) is 6.61 Å². The Morgan fingerprint density at radius 2 is 2.00 bits per heavy atom. The van der Waals surface area contributed by atoms with Crippen LogP contribution in [0.4, 0.5) is 0 Å². The molecule has 8 heteroatoms. The fourth-order valence-corrected chi connectivity index (χ4v) is 4.15. The van der Waals surface area contributed by atoms with Gasteiger partial charge in [-0.2, -0.15) is 0 Å². The molecule has 144 valence electrons. The molecule has 0 bridgehead atoms. The summed E-state index contributed by atoms with van der Waals surface area (Å²) < 4.78 is 5.63. The van der Waals surface area contributed by atoms with Crippen LogP contribution >= 0.6 is 35.6 Å². The number of thioether (sulfide) groups is 1. The molecule has 1 heterocycles. The van der Waals surface area contributed by atoms with E-state index >= 15 is 0 Å². The van der Waals surface area contributed by atoms with Crippen molar-refractivity contribution in [3.63, 3.8) is 0 Å². The Labute approximate surface area is 176 Å². The van der Waals surface area contributed by atoms with Crippen molar-refractivity contribution in [2.24, 2.45) is 0 Å². The maximum absolute atomic E-state index is 12.7. The molecular formula is C20H16ClNO4S2. The number of carbonyl (C=O) groups is 2. The molecule has 2 aromatic carbocycles. The van der Waals surface area contributed by atoms with E-state index in [4.69, 9.17) is 33.7 Å². The summed E-state index contributed by atoms with van der Waals surface area (Å²) in [5, 5.41) is 8.94. The highest BCUT2D eigenvalue weighted by Gasteiger charge is 2.31. The number of aliphatic carboxylic acids is 1. The minimum Gasteiger partial charge on any atom is -0.480 e. The van der Waals surface area contributed by atoms with Crippen molar-refractivity contribution in [1.82, 2.24) is 4.90 Å². The molecule has 0 aliphatic carbocycles. The lowest BCUT2D eigenvalue weighted by Gasteiger charge is -2.14. The van der Waals surface area contributed by atoms with E-state index < -0.39 is 12.6 Å². The highest BCUT2D eigenvalue weighted by Crippen LogP contribution is 2.34. The van der Waals surface area contributed by atoms with E-state index in [1.54, 1.807) is 29.2 Å². The molecule has 0 radical (unpaired) electrons. The van der Waals surface area contributed by atoms with Gasteiger partial charge in [0.1, 0.15) is 10.1 Å². The molecule has 2 aromatic rings. The molecule has 3 rings (SSSR count). The minimum absolute atomic E-state index is 0.131.